The van der Waals surface area contributed by atoms with Gasteiger partial charge in [0.25, 0.3) is 0 Å². The Morgan fingerprint density at radius 1 is 1.17 bits per heavy atom. The summed E-state index contributed by atoms with van der Waals surface area (Å²) >= 11 is 0. The molecule has 0 unspecified atom stereocenters. The molecule has 18 heavy (non-hydrogen) atoms. The topological polar surface area (TPSA) is 81.4 Å². The number of ketones is 2. The van der Waals surface area contributed by atoms with Gasteiger partial charge in [0.2, 0.25) is 0 Å². The highest BCUT2D eigenvalue weighted by atomic mass is 32.2. The maximum absolute atomic E-state index is 12.0. The largest absolute Gasteiger partial charge is 0.469 e. The van der Waals surface area contributed by atoms with Gasteiger partial charge >= 0.3 is 0 Å². The molecule has 3 rings (SSSR count). The number of carbonyl (C=O) groups excluding carboxylic acids is 2. The number of hydrogen-bond acceptors (Lipinski definition) is 5. The van der Waals surface area contributed by atoms with E-state index in [1.54, 1.807) is 12.1 Å². The molecule has 5 nitrogen and oxygen atoms in total. The van der Waals surface area contributed by atoms with Crippen LogP contribution < -0.4 is 0 Å². The SMILES string of the molecule is O=C1C[C@H](c2ccco2)[C@H]2[C@@H](C1)C(=O)CS2(=O)=O. The molecule has 1 aromatic heterocycles. The summed E-state index contributed by atoms with van der Waals surface area (Å²) in [5.74, 6) is -1.54. The first-order valence-electron chi connectivity index (χ1n) is 5.78. The molecule has 1 saturated heterocycles. The third kappa shape index (κ3) is 1.63. The second kappa shape index (κ2) is 3.78. The molecule has 2 fully saturated rings. The van der Waals surface area contributed by atoms with E-state index in [0.29, 0.717) is 5.76 Å². The van der Waals surface area contributed by atoms with Crippen molar-refractivity contribution in [3.8, 4) is 0 Å². The summed E-state index contributed by atoms with van der Waals surface area (Å²) in [4.78, 5) is 23.4. The molecule has 0 bridgehead atoms. The molecular weight excluding hydrogens is 256 g/mol. The van der Waals surface area contributed by atoms with Crippen LogP contribution in [0, 0.1) is 5.92 Å². The molecule has 1 saturated carbocycles. The summed E-state index contributed by atoms with van der Waals surface area (Å²) < 4.78 is 29.3. The summed E-state index contributed by atoms with van der Waals surface area (Å²) in [5, 5.41) is -0.783. The van der Waals surface area contributed by atoms with Crippen LogP contribution in [0.5, 0.6) is 0 Å². The maximum atomic E-state index is 12.0. The molecule has 1 aliphatic heterocycles. The highest BCUT2D eigenvalue weighted by Gasteiger charge is 2.54. The van der Waals surface area contributed by atoms with Crippen molar-refractivity contribution in [2.24, 2.45) is 5.92 Å². The number of fused-ring (bicyclic) bond motifs is 1. The van der Waals surface area contributed by atoms with Crippen molar-refractivity contribution in [1.29, 1.82) is 0 Å². The van der Waals surface area contributed by atoms with Crippen LogP contribution in [0.15, 0.2) is 22.8 Å². The van der Waals surface area contributed by atoms with Crippen LogP contribution in [-0.2, 0) is 19.4 Å². The molecular formula is C12H12O5S. The van der Waals surface area contributed by atoms with Gasteiger partial charge in [-0.05, 0) is 12.1 Å². The summed E-state index contributed by atoms with van der Waals surface area (Å²) in [7, 11) is -3.46. The molecule has 96 valence electrons. The number of Topliss-reactive ketones (excluding diaryl/α,β-unsaturated/α-hetero) is 2. The maximum Gasteiger partial charge on any atom is 0.161 e. The fraction of sp³-hybridized carbons (Fsp3) is 0.500. The Balaban J connectivity index is 2.08. The average Bonchev–Trinajstić information content (AvgIpc) is 2.86. The Labute approximate surface area is 104 Å². The van der Waals surface area contributed by atoms with Crippen LogP contribution in [-0.4, -0.2) is 31.0 Å². The van der Waals surface area contributed by atoms with E-state index in [1.165, 1.54) is 6.26 Å². The van der Waals surface area contributed by atoms with Gasteiger partial charge in [0.05, 0.1) is 11.5 Å². The summed E-state index contributed by atoms with van der Waals surface area (Å²) in [6.45, 7) is 0. The summed E-state index contributed by atoms with van der Waals surface area (Å²) in [6, 6.07) is 3.32. The van der Waals surface area contributed by atoms with Crippen LogP contribution in [0.4, 0.5) is 0 Å². The van der Waals surface area contributed by atoms with Gasteiger partial charge in [-0.3, -0.25) is 9.59 Å². The average molecular weight is 268 g/mol. The molecule has 1 aliphatic carbocycles. The van der Waals surface area contributed by atoms with Gasteiger partial charge in [-0.2, -0.15) is 0 Å². The highest BCUT2D eigenvalue weighted by molar-refractivity contribution is 7.93. The minimum Gasteiger partial charge on any atom is -0.469 e. The zero-order valence-corrected chi connectivity index (χ0v) is 10.4. The Morgan fingerprint density at radius 2 is 1.89 bits per heavy atom. The molecule has 0 radical (unpaired) electrons. The van der Waals surface area contributed by atoms with Crippen LogP contribution in [0.1, 0.15) is 24.5 Å². The monoisotopic (exact) mass is 268 g/mol. The summed E-state index contributed by atoms with van der Waals surface area (Å²) in [5.41, 5.74) is 0. The van der Waals surface area contributed by atoms with Crippen molar-refractivity contribution in [2.75, 3.05) is 5.75 Å². The smallest absolute Gasteiger partial charge is 0.161 e. The minimum absolute atomic E-state index is 0.0555. The molecule has 0 amide bonds. The Morgan fingerprint density at radius 3 is 2.56 bits per heavy atom. The van der Waals surface area contributed by atoms with E-state index >= 15 is 0 Å². The van der Waals surface area contributed by atoms with Gasteiger partial charge < -0.3 is 4.42 Å². The van der Waals surface area contributed by atoms with Crippen molar-refractivity contribution in [1.82, 2.24) is 0 Å². The van der Waals surface area contributed by atoms with Gasteiger partial charge in [-0.1, -0.05) is 0 Å². The third-order valence-corrected chi connectivity index (χ3v) is 5.94. The zero-order valence-electron chi connectivity index (χ0n) is 9.53. The van der Waals surface area contributed by atoms with E-state index in [2.05, 4.69) is 0 Å². The highest BCUT2D eigenvalue weighted by Crippen LogP contribution is 2.43. The molecule has 6 heteroatoms. The fourth-order valence-corrected chi connectivity index (χ4v) is 5.33. The first-order valence-corrected chi connectivity index (χ1v) is 7.50. The second-order valence-corrected chi connectivity index (χ2v) is 7.07. The Kier molecular flexibility index (Phi) is 2.45. The van der Waals surface area contributed by atoms with E-state index in [-0.39, 0.29) is 24.4 Å². The molecule has 0 N–H and O–H groups in total. The first-order chi connectivity index (χ1) is 8.49. The van der Waals surface area contributed by atoms with Crippen LogP contribution in [0.2, 0.25) is 0 Å². The Hall–Kier alpha value is -1.43. The molecule has 2 heterocycles. The number of sulfone groups is 1. The van der Waals surface area contributed by atoms with Crippen molar-refractivity contribution >= 4 is 21.4 Å². The van der Waals surface area contributed by atoms with Crippen molar-refractivity contribution in [3.63, 3.8) is 0 Å². The van der Waals surface area contributed by atoms with Crippen molar-refractivity contribution in [2.45, 2.75) is 24.0 Å². The van der Waals surface area contributed by atoms with Crippen molar-refractivity contribution < 1.29 is 22.4 Å². The molecule has 1 aromatic rings. The third-order valence-electron chi connectivity index (χ3n) is 3.77. The molecule has 0 aromatic carbocycles. The van der Waals surface area contributed by atoms with E-state index < -0.39 is 32.7 Å². The molecule has 2 aliphatic rings. The van der Waals surface area contributed by atoms with Gasteiger partial charge in [0.15, 0.2) is 15.6 Å². The van der Waals surface area contributed by atoms with Crippen LogP contribution >= 0.6 is 0 Å². The van der Waals surface area contributed by atoms with Gasteiger partial charge in [0.1, 0.15) is 17.3 Å². The van der Waals surface area contributed by atoms with E-state index in [0.717, 1.165) is 0 Å². The zero-order chi connectivity index (χ0) is 12.9. The second-order valence-electron chi connectivity index (χ2n) is 4.91. The minimum atomic E-state index is -3.46. The van der Waals surface area contributed by atoms with E-state index in [1.807, 2.05) is 0 Å². The number of carbonyl (C=O) groups is 2. The van der Waals surface area contributed by atoms with Crippen LogP contribution in [0.3, 0.4) is 0 Å². The lowest BCUT2D eigenvalue weighted by Gasteiger charge is -2.29. The van der Waals surface area contributed by atoms with Gasteiger partial charge in [-0.15, -0.1) is 0 Å². The van der Waals surface area contributed by atoms with E-state index in [4.69, 9.17) is 4.42 Å². The molecule has 0 spiro atoms. The van der Waals surface area contributed by atoms with Crippen LogP contribution in [0.25, 0.3) is 0 Å². The number of rotatable bonds is 1. The normalized spacial score (nSPS) is 34.6. The lowest BCUT2D eigenvalue weighted by molar-refractivity contribution is -0.128. The quantitative estimate of drug-likeness (QED) is 0.749. The van der Waals surface area contributed by atoms with Gasteiger partial charge in [-0.25, -0.2) is 8.42 Å². The predicted octanol–water partition coefficient (Wildman–Crippen LogP) is 0.708. The summed E-state index contributed by atoms with van der Waals surface area (Å²) in [6.07, 6.45) is 1.65. The number of hydrogen-bond donors (Lipinski definition) is 0. The first kappa shape index (κ1) is 11.6. The lowest BCUT2D eigenvalue weighted by atomic mass is 9.77. The predicted molar refractivity (Wildman–Crippen MR) is 61.8 cm³/mol. The standard InChI is InChI=1S/C12H12O5S/c13-7-4-8-10(14)6-18(15,16)12(8)9(5-7)11-2-1-3-17-11/h1-3,8-9,12H,4-6H2/t8-,9+,12+/m0/s1. The number of furan rings is 1. The molecule has 3 atom stereocenters. The van der Waals surface area contributed by atoms with Crippen molar-refractivity contribution in [3.05, 3.63) is 24.2 Å². The Bertz CT molecular complexity index is 598. The fourth-order valence-electron chi connectivity index (χ4n) is 3.05. The lowest BCUT2D eigenvalue weighted by Crippen LogP contribution is -2.38. The van der Waals surface area contributed by atoms with E-state index in [9.17, 15) is 18.0 Å². The van der Waals surface area contributed by atoms with Gasteiger partial charge in [0, 0.05) is 24.7 Å².